The predicted octanol–water partition coefficient (Wildman–Crippen LogP) is 3.46. The highest BCUT2D eigenvalue weighted by atomic mass is 16.2. The molecule has 1 aromatic heterocycles. The van der Waals surface area contributed by atoms with E-state index >= 15 is 0 Å². The Labute approximate surface area is 140 Å². The van der Waals surface area contributed by atoms with Crippen molar-refractivity contribution in [3.63, 3.8) is 0 Å². The lowest BCUT2D eigenvalue weighted by molar-refractivity contribution is 0.102. The van der Waals surface area contributed by atoms with Gasteiger partial charge in [-0.2, -0.15) is 0 Å². The van der Waals surface area contributed by atoms with Crippen LogP contribution in [0, 0.1) is 6.92 Å². The lowest BCUT2D eigenvalue weighted by Crippen LogP contribution is -2.22. The second kappa shape index (κ2) is 6.96. The summed E-state index contributed by atoms with van der Waals surface area (Å²) >= 11 is 0. The van der Waals surface area contributed by atoms with Gasteiger partial charge < -0.3 is 9.88 Å². The van der Waals surface area contributed by atoms with Crippen LogP contribution in [0.2, 0.25) is 0 Å². The summed E-state index contributed by atoms with van der Waals surface area (Å²) in [5.41, 5.74) is 3.20. The largest absolute Gasteiger partial charge is 0.322 e. The quantitative estimate of drug-likeness (QED) is 0.801. The van der Waals surface area contributed by atoms with Gasteiger partial charge in [0.2, 0.25) is 0 Å². The molecular formula is C20H18N2O2. The molecule has 0 unspecified atom stereocenters. The Morgan fingerprint density at radius 3 is 2.54 bits per heavy atom. The molecule has 0 fully saturated rings. The number of aromatic nitrogens is 1. The summed E-state index contributed by atoms with van der Waals surface area (Å²) in [5, 5.41) is 2.82. The van der Waals surface area contributed by atoms with E-state index in [-0.39, 0.29) is 11.5 Å². The molecule has 0 atom stereocenters. The van der Waals surface area contributed by atoms with Crippen LogP contribution in [0.5, 0.6) is 0 Å². The van der Waals surface area contributed by atoms with E-state index in [0.29, 0.717) is 12.1 Å². The zero-order valence-electron chi connectivity index (χ0n) is 13.4. The molecule has 0 spiro atoms. The summed E-state index contributed by atoms with van der Waals surface area (Å²) < 4.78 is 1.55. The minimum atomic E-state index is -0.237. The van der Waals surface area contributed by atoms with E-state index in [1.807, 2.05) is 61.5 Å². The second-order valence-corrected chi connectivity index (χ2v) is 5.69. The number of carbonyl (C=O) groups is 1. The topological polar surface area (TPSA) is 51.1 Å². The Kier molecular flexibility index (Phi) is 4.57. The third kappa shape index (κ3) is 3.79. The van der Waals surface area contributed by atoms with Crippen molar-refractivity contribution < 1.29 is 4.79 Å². The van der Waals surface area contributed by atoms with Gasteiger partial charge in [-0.15, -0.1) is 0 Å². The van der Waals surface area contributed by atoms with Gasteiger partial charge in [-0.3, -0.25) is 9.59 Å². The van der Waals surface area contributed by atoms with Crippen molar-refractivity contribution >= 4 is 11.6 Å². The first-order chi connectivity index (χ1) is 11.6. The number of anilines is 1. The van der Waals surface area contributed by atoms with Gasteiger partial charge >= 0.3 is 0 Å². The van der Waals surface area contributed by atoms with Crippen molar-refractivity contribution in [2.75, 3.05) is 5.32 Å². The first-order valence-corrected chi connectivity index (χ1v) is 7.74. The molecule has 3 rings (SSSR count). The molecule has 120 valence electrons. The standard InChI is InChI=1S/C20H18N2O2/c1-15-6-5-7-16(12-15)13-22-14-17(10-11-19(22)23)20(24)21-18-8-3-2-4-9-18/h2-12,14H,13H2,1H3,(H,21,24). The van der Waals surface area contributed by atoms with Crippen LogP contribution in [0.1, 0.15) is 21.5 Å². The molecule has 0 radical (unpaired) electrons. The Morgan fingerprint density at radius 2 is 1.79 bits per heavy atom. The molecule has 4 nitrogen and oxygen atoms in total. The van der Waals surface area contributed by atoms with Gasteiger partial charge in [-0.25, -0.2) is 0 Å². The van der Waals surface area contributed by atoms with E-state index in [1.165, 1.54) is 6.07 Å². The molecule has 2 aromatic carbocycles. The monoisotopic (exact) mass is 318 g/mol. The number of aryl methyl sites for hydroxylation is 1. The van der Waals surface area contributed by atoms with Gasteiger partial charge in [0.05, 0.1) is 12.1 Å². The van der Waals surface area contributed by atoms with Crippen LogP contribution in [-0.2, 0) is 6.54 Å². The summed E-state index contributed by atoms with van der Waals surface area (Å²) in [6.07, 6.45) is 1.60. The molecule has 0 saturated carbocycles. The van der Waals surface area contributed by atoms with E-state index in [0.717, 1.165) is 16.8 Å². The van der Waals surface area contributed by atoms with Crippen LogP contribution in [-0.4, -0.2) is 10.5 Å². The van der Waals surface area contributed by atoms with Crippen molar-refractivity contribution in [3.05, 3.63) is 100.0 Å². The third-order valence-electron chi connectivity index (χ3n) is 3.71. The molecule has 0 aliphatic heterocycles. The molecule has 0 aliphatic rings. The normalized spacial score (nSPS) is 10.4. The Hall–Kier alpha value is -3.14. The molecule has 0 saturated heterocycles. The van der Waals surface area contributed by atoms with Crippen molar-refractivity contribution in [1.29, 1.82) is 0 Å². The fourth-order valence-corrected chi connectivity index (χ4v) is 2.52. The smallest absolute Gasteiger partial charge is 0.257 e. The first-order valence-electron chi connectivity index (χ1n) is 7.74. The first kappa shape index (κ1) is 15.7. The molecule has 24 heavy (non-hydrogen) atoms. The van der Waals surface area contributed by atoms with E-state index in [1.54, 1.807) is 16.8 Å². The lowest BCUT2D eigenvalue weighted by Gasteiger charge is -2.10. The number of rotatable bonds is 4. The summed E-state index contributed by atoms with van der Waals surface area (Å²) in [4.78, 5) is 24.4. The van der Waals surface area contributed by atoms with Gasteiger partial charge in [0, 0.05) is 18.0 Å². The Balaban J connectivity index is 1.83. The van der Waals surface area contributed by atoms with Crippen molar-refractivity contribution in [2.45, 2.75) is 13.5 Å². The van der Waals surface area contributed by atoms with Crippen LogP contribution in [0.15, 0.2) is 77.7 Å². The maximum atomic E-state index is 12.4. The number of benzene rings is 2. The Morgan fingerprint density at radius 1 is 1.00 bits per heavy atom. The minimum Gasteiger partial charge on any atom is -0.322 e. The second-order valence-electron chi connectivity index (χ2n) is 5.69. The number of hydrogen-bond donors (Lipinski definition) is 1. The fourth-order valence-electron chi connectivity index (χ4n) is 2.52. The van der Waals surface area contributed by atoms with Crippen LogP contribution >= 0.6 is 0 Å². The van der Waals surface area contributed by atoms with Gasteiger partial charge in [0.25, 0.3) is 11.5 Å². The van der Waals surface area contributed by atoms with Crippen LogP contribution in [0.4, 0.5) is 5.69 Å². The van der Waals surface area contributed by atoms with Crippen molar-refractivity contribution in [2.24, 2.45) is 0 Å². The van der Waals surface area contributed by atoms with E-state index in [2.05, 4.69) is 5.32 Å². The molecule has 0 bridgehead atoms. The average Bonchev–Trinajstić information content (AvgIpc) is 2.58. The van der Waals surface area contributed by atoms with E-state index in [4.69, 9.17) is 0 Å². The molecule has 3 aromatic rings. The zero-order chi connectivity index (χ0) is 16.9. The average molecular weight is 318 g/mol. The third-order valence-corrected chi connectivity index (χ3v) is 3.71. The number of nitrogens with one attached hydrogen (secondary N) is 1. The zero-order valence-corrected chi connectivity index (χ0v) is 13.4. The van der Waals surface area contributed by atoms with Crippen LogP contribution in [0.3, 0.4) is 0 Å². The molecule has 4 heteroatoms. The maximum absolute atomic E-state index is 12.4. The highest BCUT2D eigenvalue weighted by Gasteiger charge is 2.08. The van der Waals surface area contributed by atoms with Gasteiger partial charge in [0.1, 0.15) is 0 Å². The molecule has 0 aliphatic carbocycles. The summed E-state index contributed by atoms with van der Waals surface area (Å²) in [6, 6.07) is 20.2. The highest BCUT2D eigenvalue weighted by Crippen LogP contribution is 2.09. The number of amides is 1. The predicted molar refractivity (Wildman–Crippen MR) is 95.4 cm³/mol. The van der Waals surface area contributed by atoms with E-state index in [9.17, 15) is 9.59 Å². The maximum Gasteiger partial charge on any atom is 0.257 e. The summed E-state index contributed by atoms with van der Waals surface area (Å²) in [5.74, 6) is -0.237. The van der Waals surface area contributed by atoms with Crippen molar-refractivity contribution in [1.82, 2.24) is 4.57 Å². The van der Waals surface area contributed by atoms with E-state index < -0.39 is 0 Å². The fraction of sp³-hybridized carbons (Fsp3) is 0.100. The number of hydrogen-bond acceptors (Lipinski definition) is 2. The SMILES string of the molecule is Cc1cccc(Cn2cc(C(=O)Nc3ccccc3)ccc2=O)c1. The number of nitrogens with zero attached hydrogens (tertiary/aromatic N) is 1. The number of para-hydroxylation sites is 1. The molecule has 1 amide bonds. The van der Waals surface area contributed by atoms with Gasteiger partial charge in [-0.05, 0) is 30.7 Å². The molecular weight excluding hydrogens is 300 g/mol. The highest BCUT2D eigenvalue weighted by molar-refractivity contribution is 6.04. The summed E-state index contributed by atoms with van der Waals surface area (Å²) in [6.45, 7) is 2.45. The van der Waals surface area contributed by atoms with Gasteiger partial charge in [0.15, 0.2) is 0 Å². The Bertz CT molecular complexity index is 914. The molecule has 1 N–H and O–H groups in total. The number of pyridine rings is 1. The number of carbonyl (C=O) groups excluding carboxylic acids is 1. The van der Waals surface area contributed by atoms with Crippen molar-refractivity contribution in [3.8, 4) is 0 Å². The lowest BCUT2D eigenvalue weighted by atomic mass is 10.1. The van der Waals surface area contributed by atoms with Gasteiger partial charge in [-0.1, -0.05) is 48.0 Å². The molecule has 1 heterocycles. The van der Waals surface area contributed by atoms with Crippen LogP contribution in [0.25, 0.3) is 0 Å². The minimum absolute atomic E-state index is 0.132. The summed E-state index contributed by atoms with van der Waals surface area (Å²) in [7, 11) is 0. The van der Waals surface area contributed by atoms with Crippen LogP contribution < -0.4 is 10.9 Å².